The molecule has 1 N–H and O–H groups in total. The average molecular weight is 292 g/mol. The van der Waals surface area contributed by atoms with Gasteiger partial charge in [0.05, 0.1) is 11.0 Å². The predicted molar refractivity (Wildman–Crippen MR) is 86.5 cm³/mol. The van der Waals surface area contributed by atoms with E-state index in [2.05, 4.69) is 21.9 Å². The maximum Gasteiger partial charge on any atom is 0.250 e. The summed E-state index contributed by atoms with van der Waals surface area (Å²) in [6.45, 7) is 4.16. The van der Waals surface area contributed by atoms with Crippen molar-refractivity contribution < 1.29 is 4.79 Å². The lowest BCUT2D eigenvalue weighted by Gasteiger charge is -2.09. The minimum absolute atomic E-state index is 0.269. The third-order valence-corrected chi connectivity index (χ3v) is 3.39. The van der Waals surface area contributed by atoms with Crippen LogP contribution in [0.2, 0.25) is 0 Å². The van der Waals surface area contributed by atoms with Crippen molar-refractivity contribution in [3.8, 4) is 0 Å². The lowest BCUT2D eigenvalue weighted by Crippen LogP contribution is -2.14. The summed E-state index contributed by atoms with van der Waals surface area (Å²) in [6, 6.07) is 13.7. The highest BCUT2D eigenvalue weighted by atomic mass is 16.1. The molecule has 0 aliphatic carbocycles. The molecule has 0 radical (unpaired) electrons. The van der Waals surface area contributed by atoms with Gasteiger partial charge in [0.15, 0.2) is 0 Å². The molecule has 110 valence electrons. The number of para-hydroxylation sites is 2. The van der Waals surface area contributed by atoms with Gasteiger partial charge in [-0.05, 0) is 30.3 Å². The number of imidazole rings is 1. The lowest BCUT2D eigenvalue weighted by atomic mass is 10.2. The Morgan fingerprint density at radius 1 is 1.23 bits per heavy atom. The third kappa shape index (κ3) is 2.88. The number of hydrogen-bond acceptors (Lipinski definition) is 3. The second kappa shape index (κ2) is 6.22. The number of nitrogens with one attached hydrogen (secondary N) is 1. The van der Waals surface area contributed by atoms with E-state index in [9.17, 15) is 4.79 Å². The van der Waals surface area contributed by atoms with E-state index in [0.717, 1.165) is 23.1 Å². The highest BCUT2D eigenvalue weighted by Gasteiger charge is 2.11. The minimum atomic E-state index is -0.269. The van der Waals surface area contributed by atoms with Crippen LogP contribution in [-0.2, 0) is 17.8 Å². The molecule has 0 atom stereocenters. The van der Waals surface area contributed by atoms with Crippen molar-refractivity contribution in [1.29, 1.82) is 0 Å². The van der Waals surface area contributed by atoms with Crippen molar-refractivity contribution in [2.45, 2.75) is 13.0 Å². The zero-order valence-corrected chi connectivity index (χ0v) is 12.1. The Labute approximate surface area is 128 Å². The molecule has 3 rings (SSSR count). The molecule has 0 unspecified atom stereocenters. The first-order valence-electron chi connectivity index (χ1n) is 7.06. The van der Waals surface area contributed by atoms with Gasteiger partial charge in [-0.3, -0.25) is 15.1 Å². The SMILES string of the molecule is C=CC(=O)Nc1nc2ccccc2n1CCc1ccccn1. The topological polar surface area (TPSA) is 59.8 Å². The van der Waals surface area contributed by atoms with Gasteiger partial charge in [-0.1, -0.05) is 24.8 Å². The molecule has 5 nitrogen and oxygen atoms in total. The fourth-order valence-corrected chi connectivity index (χ4v) is 2.33. The van der Waals surface area contributed by atoms with Gasteiger partial charge in [-0.25, -0.2) is 4.98 Å². The first-order valence-corrected chi connectivity index (χ1v) is 7.06. The van der Waals surface area contributed by atoms with Crippen LogP contribution in [0.1, 0.15) is 5.69 Å². The molecule has 5 heteroatoms. The summed E-state index contributed by atoms with van der Waals surface area (Å²) >= 11 is 0. The number of hydrogen-bond donors (Lipinski definition) is 1. The Morgan fingerprint density at radius 2 is 2.05 bits per heavy atom. The minimum Gasteiger partial charge on any atom is -0.310 e. The number of aromatic nitrogens is 3. The number of nitrogens with zero attached hydrogens (tertiary/aromatic N) is 3. The number of anilines is 1. The van der Waals surface area contributed by atoms with Gasteiger partial charge in [-0.15, -0.1) is 0 Å². The molecule has 0 saturated carbocycles. The van der Waals surface area contributed by atoms with Crippen LogP contribution < -0.4 is 5.32 Å². The van der Waals surface area contributed by atoms with Crippen molar-refractivity contribution in [1.82, 2.24) is 14.5 Å². The van der Waals surface area contributed by atoms with E-state index in [-0.39, 0.29) is 5.91 Å². The quantitative estimate of drug-likeness (QED) is 0.736. The molecule has 2 aromatic heterocycles. The molecular weight excluding hydrogens is 276 g/mol. The molecule has 0 aliphatic heterocycles. The van der Waals surface area contributed by atoms with E-state index < -0.39 is 0 Å². The second-order valence-corrected chi connectivity index (χ2v) is 4.84. The fourth-order valence-electron chi connectivity index (χ4n) is 2.33. The van der Waals surface area contributed by atoms with Gasteiger partial charge in [0.2, 0.25) is 11.9 Å². The zero-order chi connectivity index (χ0) is 15.4. The summed E-state index contributed by atoms with van der Waals surface area (Å²) in [7, 11) is 0. The first-order chi connectivity index (χ1) is 10.8. The van der Waals surface area contributed by atoms with Crippen LogP contribution >= 0.6 is 0 Å². The Morgan fingerprint density at radius 3 is 2.82 bits per heavy atom. The number of carbonyl (C=O) groups is 1. The molecule has 0 saturated heterocycles. The van der Waals surface area contributed by atoms with Crippen LogP contribution in [0.4, 0.5) is 5.95 Å². The van der Waals surface area contributed by atoms with E-state index in [1.807, 2.05) is 47.0 Å². The highest BCUT2D eigenvalue weighted by molar-refractivity contribution is 5.98. The maximum atomic E-state index is 11.6. The Kier molecular flexibility index (Phi) is 3.96. The van der Waals surface area contributed by atoms with Gasteiger partial charge < -0.3 is 4.57 Å². The van der Waals surface area contributed by atoms with E-state index in [0.29, 0.717) is 12.5 Å². The van der Waals surface area contributed by atoms with Gasteiger partial charge in [0.1, 0.15) is 0 Å². The predicted octanol–water partition coefficient (Wildman–Crippen LogP) is 2.80. The molecule has 0 aliphatic rings. The van der Waals surface area contributed by atoms with E-state index in [4.69, 9.17) is 0 Å². The van der Waals surface area contributed by atoms with Crippen LogP contribution in [-0.4, -0.2) is 20.4 Å². The van der Waals surface area contributed by atoms with Crippen LogP contribution in [0, 0.1) is 0 Å². The zero-order valence-electron chi connectivity index (χ0n) is 12.1. The molecule has 2 heterocycles. The smallest absolute Gasteiger partial charge is 0.250 e. The normalized spacial score (nSPS) is 10.5. The van der Waals surface area contributed by atoms with Crippen molar-refractivity contribution in [2.24, 2.45) is 0 Å². The summed E-state index contributed by atoms with van der Waals surface area (Å²) < 4.78 is 1.99. The largest absolute Gasteiger partial charge is 0.310 e. The standard InChI is InChI=1S/C17H16N4O/c1-2-16(22)20-17-19-14-8-3-4-9-15(14)21(17)12-10-13-7-5-6-11-18-13/h2-9,11H,1,10,12H2,(H,19,20,22). The molecule has 0 fully saturated rings. The Hall–Kier alpha value is -2.95. The summed E-state index contributed by atoms with van der Waals surface area (Å²) in [4.78, 5) is 20.4. The molecule has 0 bridgehead atoms. The first kappa shape index (κ1) is 14.0. The van der Waals surface area contributed by atoms with Gasteiger partial charge >= 0.3 is 0 Å². The maximum absolute atomic E-state index is 11.6. The number of amides is 1. The van der Waals surface area contributed by atoms with Crippen LogP contribution in [0.5, 0.6) is 0 Å². The lowest BCUT2D eigenvalue weighted by molar-refractivity contribution is -0.111. The molecule has 1 amide bonds. The van der Waals surface area contributed by atoms with Crippen molar-refractivity contribution in [2.75, 3.05) is 5.32 Å². The van der Waals surface area contributed by atoms with Crippen LogP contribution in [0.25, 0.3) is 11.0 Å². The Bertz CT molecular complexity index is 808. The summed E-state index contributed by atoms with van der Waals surface area (Å²) in [5.74, 6) is 0.261. The van der Waals surface area contributed by atoms with E-state index >= 15 is 0 Å². The number of aryl methyl sites for hydroxylation is 2. The van der Waals surface area contributed by atoms with E-state index in [1.165, 1.54) is 6.08 Å². The molecule has 0 spiro atoms. The van der Waals surface area contributed by atoms with Crippen molar-refractivity contribution in [3.63, 3.8) is 0 Å². The van der Waals surface area contributed by atoms with Crippen molar-refractivity contribution in [3.05, 3.63) is 67.0 Å². The third-order valence-electron chi connectivity index (χ3n) is 3.39. The summed E-state index contributed by atoms with van der Waals surface area (Å²) in [5.41, 5.74) is 2.84. The Balaban J connectivity index is 1.93. The van der Waals surface area contributed by atoms with Crippen molar-refractivity contribution >= 4 is 22.9 Å². The monoisotopic (exact) mass is 292 g/mol. The summed E-state index contributed by atoms with van der Waals surface area (Å²) in [5, 5.41) is 2.76. The van der Waals surface area contributed by atoms with Gasteiger partial charge in [0, 0.05) is 24.9 Å². The molecular formula is C17H16N4O. The van der Waals surface area contributed by atoms with Gasteiger partial charge in [-0.2, -0.15) is 0 Å². The molecule has 1 aromatic carbocycles. The van der Waals surface area contributed by atoms with Gasteiger partial charge in [0.25, 0.3) is 0 Å². The fraction of sp³-hybridized carbons (Fsp3) is 0.118. The highest BCUT2D eigenvalue weighted by Crippen LogP contribution is 2.20. The molecule has 3 aromatic rings. The summed E-state index contributed by atoms with van der Waals surface area (Å²) in [6.07, 6.45) is 3.78. The number of fused-ring (bicyclic) bond motifs is 1. The van der Waals surface area contributed by atoms with E-state index in [1.54, 1.807) is 6.20 Å². The number of carbonyl (C=O) groups excluding carboxylic acids is 1. The average Bonchev–Trinajstić information content (AvgIpc) is 2.91. The number of rotatable bonds is 5. The molecule has 22 heavy (non-hydrogen) atoms. The van der Waals surface area contributed by atoms with Crippen LogP contribution in [0.3, 0.4) is 0 Å². The number of benzene rings is 1. The number of pyridine rings is 1. The second-order valence-electron chi connectivity index (χ2n) is 4.84. The van der Waals surface area contributed by atoms with Crippen LogP contribution in [0.15, 0.2) is 61.3 Å².